The molecule has 0 aliphatic heterocycles. The van der Waals surface area contributed by atoms with Crippen LogP contribution in [0.15, 0.2) is 23.2 Å². The van der Waals surface area contributed by atoms with Crippen LogP contribution >= 0.6 is 0 Å². The monoisotopic (exact) mass is 234 g/mol. The molecule has 2 aromatic rings. The Morgan fingerprint density at radius 2 is 2.29 bits per heavy atom. The van der Waals surface area contributed by atoms with Crippen LogP contribution in [-0.4, -0.2) is 28.8 Å². The van der Waals surface area contributed by atoms with E-state index in [-0.39, 0.29) is 0 Å². The van der Waals surface area contributed by atoms with Crippen LogP contribution in [0.25, 0.3) is 0 Å². The van der Waals surface area contributed by atoms with Crippen LogP contribution in [-0.2, 0) is 6.42 Å². The maximum Gasteiger partial charge on any atom is 0.213 e. The Hall–Kier alpha value is -2.11. The molecule has 2 heterocycles. The number of aromatic nitrogens is 3. The fourth-order valence-corrected chi connectivity index (χ4v) is 1.46. The number of pyridine rings is 1. The smallest absolute Gasteiger partial charge is 0.213 e. The average molecular weight is 234 g/mol. The van der Waals surface area contributed by atoms with Crippen molar-refractivity contribution in [2.45, 2.75) is 13.3 Å². The summed E-state index contributed by atoms with van der Waals surface area (Å²) in [6, 6.07) is 1.94. The lowest BCUT2D eigenvalue weighted by molar-refractivity contribution is 0.410. The molecule has 0 atom stereocenters. The van der Waals surface area contributed by atoms with Crippen molar-refractivity contribution in [2.24, 2.45) is 0 Å². The van der Waals surface area contributed by atoms with Crippen molar-refractivity contribution in [3.05, 3.63) is 30.2 Å². The quantitative estimate of drug-likeness (QED) is 0.843. The van der Waals surface area contributed by atoms with E-state index in [4.69, 9.17) is 4.74 Å². The molecule has 0 amide bonds. The summed E-state index contributed by atoms with van der Waals surface area (Å²) in [5, 5.41) is 6.99. The van der Waals surface area contributed by atoms with E-state index in [0.717, 1.165) is 17.1 Å². The lowest BCUT2D eigenvalue weighted by Crippen LogP contribution is -2.07. The molecule has 1 N–H and O–H groups in total. The zero-order valence-corrected chi connectivity index (χ0v) is 9.80. The molecule has 90 valence electrons. The standard InChI is InChI=1S/C11H14N4O2/c1-8-5-9(10(16-2)6-13-8)12-4-3-11-14-7-17-15-11/h5-7H,3-4H2,1-2H3,(H,12,13). The van der Waals surface area contributed by atoms with Gasteiger partial charge in [-0.05, 0) is 13.0 Å². The molecule has 0 saturated heterocycles. The molecule has 0 unspecified atom stereocenters. The van der Waals surface area contributed by atoms with Crippen LogP contribution in [0.4, 0.5) is 5.69 Å². The summed E-state index contributed by atoms with van der Waals surface area (Å²) in [7, 11) is 1.62. The fourth-order valence-electron chi connectivity index (χ4n) is 1.46. The highest BCUT2D eigenvalue weighted by molar-refractivity contribution is 5.55. The molecule has 0 fully saturated rings. The second-order valence-electron chi connectivity index (χ2n) is 3.55. The predicted molar refractivity (Wildman–Crippen MR) is 62.0 cm³/mol. The molecule has 17 heavy (non-hydrogen) atoms. The van der Waals surface area contributed by atoms with E-state index >= 15 is 0 Å². The molecule has 6 nitrogen and oxygen atoms in total. The first kappa shape index (κ1) is 11.4. The Balaban J connectivity index is 1.96. The molecule has 0 aliphatic carbocycles. The topological polar surface area (TPSA) is 73.1 Å². The highest BCUT2D eigenvalue weighted by Gasteiger charge is 2.04. The fraction of sp³-hybridized carbons (Fsp3) is 0.364. The largest absolute Gasteiger partial charge is 0.493 e. The minimum absolute atomic E-state index is 0.683. The number of rotatable bonds is 5. The molecule has 2 rings (SSSR count). The van der Waals surface area contributed by atoms with Crippen molar-refractivity contribution < 1.29 is 9.26 Å². The minimum Gasteiger partial charge on any atom is -0.493 e. The number of anilines is 1. The molecule has 0 aromatic carbocycles. The summed E-state index contributed by atoms with van der Waals surface area (Å²) in [6.07, 6.45) is 3.72. The van der Waals surface area contributed by atoms with Crippen LogP contribution in [0.3, 0.4) is 0 Å². The first-order valence-corrected chi connectivity index (χ1v) is 5.29. The van der Waals surface area contributed by atoms with Crippen molar-refractivity contribution in [1.82, 2.24) is 15.1 Å². The van der Waals surface area contributed by atoms with E-state index in [1.807, 2.05) is 13.0 Å². The van der Waals surface area contributed by atoms with E-state index in [0.29, 0.717) is 18.8 Å². The van der Waals surface area contributed by atoms with Crippen LogP contribution in [0, 0.1) is 6.92 Å². The molecule has 2 aromatic heterocycles. The highest BCUT2D eigenvalue weighted by atomic mass is 16.5. The second-order valence-corrected chi connectivity index (χ2v) is 3.55. The Morgan fingerprint density at radius 1 is 1.41 bits per heavy atom. The van der Waals surface area contributed by atoms with E-state index in [9.17, 15) is 0 Å². The van der Waals surface area contributed by atoms with Crippen molar-refractivity contribution in [3.8, 4) is 5.75 Å². The summed E-state index contributed by atoms with van der Waals surface area (Å²) >= 11 is 0. The lowest BCUT2D eigenvalue weighted by Gasteiger charge is -2.10. The lowest BCUT2D eigenvalue weighted by atomic mass is 10.3. The number of hydrogen-bond donors (Lipinski definition) is 1. The third-order valence-corrected chi connectivity index (χ3v) is 2.30. The molecule has 0 radical (unpaired) electrons. The molecule has 0 bridgehead atoms. The van der Waals surface area contributed by atoms with Gasteiger partial charge >= 0.3 is 0 Å². The van der Waals surface area contributed by atoms with Crippen LogP contribution in [0.1, 0.15) is 11.5 Å². The van der Waals surface area contributed by atoms with E-state index in [2.05, 4.69) is 25.0 Å². The maximum atomic E-state index is 5.21. The summed E-state index contributed by atoms with van der Waals surface area (Å²) in [5.74, 6) is 1.41. The molecular weight excluding hydrogens is 220 g/mol. The number of hydrogen-bond acceptors (Lipinski definition) is 6. The van der Waals surface area contributed by atoms with Gasteiger partial charge in [0, 0.05) is 18.7 Å². The number of ether oxygens (including phenoxy) is 1. The molecule has 0 spiro atoms. The summed E-state index contributed by atoms with van der Waals surface area (Å²) < 4.78 is 9.87. The highest BCUT2D eigenvalue weighted by Crippen LogP contribution is 2.23. The third kappa shape index (κ3) is 2.93. The number of methoxy groups -OCH3 is 1. The Morgan fingerprint density at radius 3 is 3.00 bits per heavy atom. The molecular formula is C11H14N4O2. The first-order chi connectivity index (χ1) is 8.29. The van der Waals surface area contributed by atoms with Gasteiger partial charge in [-0.1, -0.05) is 5.16 Å². The normalized spacial score (nSPS) is 10.2. The summed E-state index contributed by atoms with van der Waals surface area (Å²) in [4.78, 5) is 8.11. The van der Waals surface area contributed by atoms with Gasteiger partial charge in [0.05, 0.1) is 19.0 Å². The Labute approximate surface area is 99.0 Å². The number of nitrogens with zero attached hydrogens (tertiary/aromatic N) is 3. The van der Waals surface area contributed by atoms with Gasteiger partial charge in [-0.2, -0.15) is 4.98 Å². The van der Waals surface area contributed by atoms with E-state index < -0.39 is 0 Å². The summed E-state index contributed by atoms with van der Waals surface area (Å²) in [6.45, 7) is 2.64. The SMILES string of the molecule is COc1cnc(C)cc1NCCc1ncon1. The van der Waals surface area contributed by atoms with E-state index in [1.165, 1.54) is 6.39 Å². The van der Waals surface area contributed by atoms with Gasteiger partial charge in [-0.25, -0.2) is 0 Å². The van der Waals surface area contributed by atoms with Crippen LogP contribution in [0.5, 0.6) is 5.75 Å². The van der Waals surface area contributed by atoms with Gasteiger partial charge in [0.1, 0.15) is 0 Å². The van der Waals surface area contributed by atoms with Gasteiger partial charge < -0.3 is 14.6 Å². The molecule has 0 saturated carbocycles. The maximum absolute atomic E-state index is 5.21. The Bertz CT molecular complexity index is 470. The molecule has 6 heteroatoms. The van der Waals surface area contributed by atoms with Gasteiger partial charge in [0.15, 0.2) is 11.6 Å². The van der Waals surface area contributed by atoms with Crippen molar-refractivity contribution >= 4 is 5.69 Å². The second kappa shape index (κ2) is 5.29. The van der Waals surface area contributed by atoms with Crippen LogP contribution < -0.4 is 10.1 Å². The van der Waals surface area contributed by atoms with Gasteiger partial charge in [-0.3, -0.25) is 4.98 Å². The minimum atomic E-state index is 0.683. The third-order valence-electron chi connectivity index (χ3n) is 2.30. The van der Waals surface area contributed by atoms with Crippen molar-refractivity contribution in [1.29, 1.82) is 0 Å². The van der Waals surface area contributed by atoms with Gasteiger partial charge in [-0.15, -0.1) is 0 Å². The zero-order chi connectivity index (χ0) is 12.1. The van der Waals surface area contributed by atoms with Crippen molar-refractivity contribution in [2.75, 3.05) is 19.0 Å². The van der Waals surface area contributed by atoms with Gasteiger partial charge in [0.25, 0.3) is 0 Å². The van der Waals surface area contributed by atoms with E-state index in [1.54, 1.807) is 13.3 Å². The van der Waals surface area contributed by atoms with Crippen LogP contribution in [0.2, 0.25) is 0 Å². The first-order valence-electron chi connectivity index (χ1n) is 5.29. The summed E-state index contributed by atoms with van der Waals surface area (Å²) in [5.41, 5.74) is 1.86. The van der Waals surface area contributed by atoms with Crippen molar-refractivity contribution in [3.63, 3.8) is 0 Å². The Kier molecular flexibility index (Phi) is 3.54. The zero-order valence-electron chi connectivity index (χ0n) is 9.80. The molecule has 0 aliphatic rings. The predicted octanol–water partition coefficient (Wildman–Crippen LogP) is 1.44. The number of nitrogens with one attached hydrogen (secondary N) is 1. The van der Waals surface area contributed by atoms with Gasteiger partial charge in [0.2, 0.25) is 6.39 Å². The number of aryl methyl sites for hydroxylation is 1. The average Bonchev–Trinajstić information content (AvgIpc) is 2.82.